The van der Waals surface area contributed by atoms with Gasteiger partial charge in [0.2, 0.25) is 0 Å². The highest BCUT2D eigenvalue weighted by Crippen LogP contribution is 2.16. The van der Waals surface area contributed by atoms with E-state index < -0.39 is 17.9 Å². The Bertz CT molecular complexity index is 876. The summed E-state index contributed by atoms with van der Waals surface area (Å²) in [5.74, 6) is -0.527. The van der Waals surface area contributed by atoms with E-state index in [4.69, 9.17) is 9.47 Å². The second-order valence-electron chi connectivity index (χ2n) is 6.44. The number of hydrogen-bond donors (Lipinski definition) is 3. The fourth-order valence-electron chi connectivity index (χ4n) is 2.87. The SMILES string of the molecule is CCOc1ccc(C(=O)NNC(=O)c2cccc(NC(=O)C3CCCO3)c2)cc1. The van der Waals surface area contributed by atoms with Gasteiger partial charge in [0, 0.05) is 23.4 Å². The molecule has 1 aliphatic heterocycles. The monoisotopic (exact) mass is 397 g/mol. The summed E-state index contributed by atoms with van der Waals surface area (Å²) in [6.45, 7) is 2.99. The molecule has 1 saturated heterocycles. The quantitative estimate of drug-likeness (QED) is 0.649. The minimum atomic E-state index is -0.502. The fourth-order valence-corrected chi connectivity index (χ4v) is 2.87. The molecule has 3 N–H and O–H groups in total. The average Bonchev–Trinajstić information content (AvgIpc) is 3.28. The molecular formula is C21H23N3O5. The van der Waals surface area contributed by atoms with E-state index in [1.165, 1.54) is 6.07 Å². The second-order valence-corrected chi connectivity index (χ2v) is 6.44. The van der Waals surface area contributed by atoms with Gasteiger partial charge in [-0.1, -0.05) is 6.07 Å². The van der Waals surface area contributed by atoms with Crippen molar-refractivity contribution in [1.29, 1.82) is 0 Å². The van der Waals surface area contributed by atoms with Crippen LogP contribution in [0.5, 0.6) is 5.75 Å². The average molecular weight is 397 g/mol. The van der Waals surface area contributed by atoms with E-state index in [9.17, 15) is 14.4 Å². The molecule has 0 radical (unpaired) electrons. The number of amides is 3. The van der Waals surface area contributed by atoms with Gasteiger partial charge in [-0.05, 0) is 62.2 Å². The van der Waals surface area contributed by atoms with Crippen molar-refractivity contribution < 1.29 is 23.9 Å². The highest BCUT2D eigenvalue weighted by atomic mass is 16.5. The molecule has 0 saturated carbocycles. The molecule has 2 aromatic rings. The lowest BCUT2D eigenvalue weighted by molar-refractivity contribution is -0.124. The van der Waals surface area contributed by atoms with E-state index >= 15 is 0 Å². The lowest BCUT2D eigenvalue weighted by Gasteiger charge is -2.12. The number of carbonyl (C=O) groups excluding carboxylic acids is 3. The van der Waals surface area contributed by atoms with E-state index in [-0.39, 0.29) is 5.91 Å². The number of anilines is 1. The minimum absolute atomic E-state index is 0.233. The number of hydrazine groups is 1. The van der Waals surface area contributed by atoms with Crippen molar-refractivity contribution in [1.82, 2.24) is 10.9 Å². The molecule has 1 heterocycles. The number of rotatable bonds is 6. The van der Waals surface area contributed by atoms with Crippen LogP contribution in [-0.2, 0) is 9.53 Å². The summed E-state index contributed by atoms with van der Waals surface area (Å²) in [4.78, 5) is 36.6. The molecule has 2 aromatic carbocycles. The van der Waals surface area contributed by atoms with Gasteiger partial charge in [-0.3, -0.25) is 25.2 Å². The third kappa shape index (κ3) is 5.55. The summed E-state index contributed by atoms with van der Waals surface area (Å²) in [5, 5.41) is 2.74. The van der Waals surface area contributed by atoms with Gasteiger partial charge in [0.15, 0.2) is 0 Å². The van der Waals surface area contributed by atoms with Gasteiger partial charge in [0.05, 0.1) is 6.61 Å². The van der Waals surface area contributed by atoms with Crippen molar-refractivity contribution in [2.45, 2.75) is 25.9 Å². The van der Waals surface area contributed by atoms with Crippen LogP contribution in [0.2, 0.25) is 0 Å². The van der Waals surface area contributed by atoms with Crippen LogP contribution >= 0.6 is 0 Å². The van der Waals surface area contributed by atoms with Gasteiger partial charge in [0.25, 0.3) is 17.7 Å². The Hall–Kier alpha value is -3.39. The number of benzene rings is 2. The van der Waals surface area contributed by atoms with Gasteiger partial charge in [-0.25, -0.2) is 0 Å². The van der Waals surface area contributed by atoms with Gasteiger partial charge in [-0.2, -0.15) is 0 Å². The third-order valence-corrected chi connectivity index (χ3v) is 4.33. The molecule has 1 fully saturated rings. The van der Waals surface area contributed by atoms with Crippen LogP contribution in [0.1, 0.15) is 40.5 Å². The second kappa shape index (κ2) is 9.70. The summed E-state index contributed by atoms with van der Waals surface area (Å²) in [5.41, 5.74) is 5.89. The van der Waals surface area contributed by atoms with Gasteiger partial charge >= 0.3 is 0 Å². The molecule has 3 amide bonds. The Morgan fingerprint density at radius 2 is 1.76 bits per heavy atom. The van der Waals surface area contributed by atoms with Crippen molar-refractivity contribution in [3.8, 4) is 5.75 Å². The van der Waals surface area contributed by atoms with E-state index in [1.54, 1.807) is 42.5 Å². The zero-order chi connectivity index (χ0) is 20.6. The number of ether oxygens (including phenoxy) is 2. The van der Waals surface area contributed by atoms with Gasteiger partial charge < -0.3 is 14.8 Å². The molecule has 0 aromatic heterocycles. The molecule has 1 unspecified atom stereocenters. The van der Waals surface area contributed by atoms with Crippen molar-refractivity contribution >= 4 is 23.4 Å². The zero-order valence-corrected chi connectivity index (χ0v) is 16.1. The zero-order valence-electron chi connectivity index (χ0n) is 16.1. The molecule has 29 heavy (non-hydrogen) atoms. The predicted molar refractivity (Wildman–Crippen MR) is 107 cm³/mol. The lowest BCUT2D eigenvalue weighted by Crippen LogP contribution is -2.41. The first kappa shape index (κ1) is 20.3. The van der Waals surface area contributed by atoms with E-state index in [2.05, 4.69) is 16.2 Å². The van der Waals surface area contributed by atoms with Crippen LogP contribution in [0.3, 0.4) is 0 Å². The predicted octanol–water partition coefficient (Wildman–Crippen LogP) is 2.28. The topological polar surface area (TPSA) is 106 Å². The summed E-state index contributed by atoms with van der Waals surface area (Å²) in [6, 6.07) is 13.0. The van der Waals surface area contributed by atoms with Crippen molar-refractivity contribution in [2.75, 3.05) is 18.5 Å². The van der Waals surface area contributed by atoms with Crippen molar-refractivity contribution in [2.24, 2.45) is 0 Å². The van der Waals surface area contributed by atoms with Crippen molar-refractivity contribution in [3.05, 3.63) is 59.7 Å². The van der Waals surface area contributed by atoms with Crippen LogP contribution in [0.4, 0.5) is 5.69 Å². The Kier molecular flexibility index (Phi) is 6.80. The lowest BCUT2D eigenvalue weighted by atomic mass is 10.1. The molecular weight excluding hydrogens is 374 g/mol. The summed E-state index contributed by atoms with van der Waals surface area (Å²) in [6.07, 6.45) is 1.08. The summed E-state index contributed by atoms with van der Waals surface area (Å²) < 4.78 is 10.7. The Labute approximate surface area is 168 Å². The normalized spacial score (nSPS) is 15.4. The molecule has 8 nitrogen and oxygen atoms in total. The maximum atomic E-state index is 12.3. The first-order chi connectivity index (χ1) is 14.1. The summed E-state index contributed by atoms with van der Waals surface area (Å²) in [7, 11) is 0. The van der Waals surface area contributed by atoms with Crippen LogP contribution < -0.4 is 20.9 Å². The molecule has 8 heteroatoms. The van der Waals surface area contributed by atoms with Crippen LogP contribution in [0.15, 0.2) is 48.5 Å². The minimum Gasteiger partial charge on any atom is -0.494 e. The highest BCUT2D eigenvalue weighted by Gasteiger charge is 2.23. The molecule has 0 bridgehead atoms. The first-order valence-electron chi connectivity index (χ1n) is 9.43. The van der Waals surface area contributed by atoms with Gasteiger partial charge in [-0.15, -0.1) is 0 Å². The highest BCUT2D eigenvalue weighted by molar-refractivity contribution is 6.00. The van der Waals surface area contributed by atoms with E-state index in [0.29, 0.717) is 42.2 Å². The smallest absolute Gasteiger partial charge is 0.269 e. The number of carbonyl (C=O) groups is 3. The summed E-state index contributed by atoms with van der Waals surface area (Å²) >= 11 is 0. The number of hydrogen-bond acceptors (Lipinski definition) is 5. The van der Waals surface area contributed by atoms with Crippen LogP contribution in [0.25, 0.3) is 0 Å². The number of nitrogens with one attached hydrogen (secondary N) is 3. The fraction of sp³-hybridized carbons (Fsp3) is 0.286. The maximum Gasteiger partial charge on any atom is 0.269 e. The van der Waals surface area contributed by atoms with Crippen molar-refractivity contribution in [3.63, 3.8) is 0 Å². The van der Waals surface area contributed by atoms with Gasteiger partial charge in [0.1, 0.15) is 11.9 Å². The molecule has 152 valence electrons. The van der Waals surface area contributed by atoms with Crippen LogP contribution in [0, 0.1) is 0 Å². The molecule has 0 spiro atoms. The Morgan fingerprint density at radius 3 is 2.41 bits per heavy atom. The van der Waals surface area contributed by atoms with Crippen LogP contribution in [-0.4, -0.2) is 37.0 Å². The first-order valence-corrected chi connectivity index (χ1v) is 9.43. The molecule has 3 rings (SSSR count). The largest absolute Gasteiger partial charge is 0.494 e. The molecule has 1 atom stereocenters. The van der Waals surface area contributed by atoms with E-state index in [1.807, 2.05) is 6.92 Å². The Morgan fingerprint density at radius 1 is 1.03 bits per heavy atom. The van der Waals surface area contributed by atoms with E-state index in [0.717, 1.165) is 6.42 Å². The molecule has 1 aliphatic rings. The third-order valence-electron chi connectivity index (χ3n) is 4.33. The molecule has 0 aliphatic carbocycles. The standard InChI is InChI=1S/C21H23N3O5/c1-2-28-17-10-8-14(9-11-17)19(25)23-24-20(26)15-5-3-6-16(13-15)22-21(27)18-7-4-12-29-18/h3,5-6,8-11,13,18H,2,4,7,12H2,1H3,(H,22,27)(H,23,25)(H,24,26). The maximum absolute atomic E-state index is 12.3. The Balaban J connectivity index is 1.54.